The molecule has 1 rings (SSSR count). The van der Waals surface area contributed by atoms with E-state index in [1.165, 1.54) is 19.3 Å². The van der Waals surface area contributed by atoms with E-state index in [0.717, 1.165) is 13.0 Å². The van der Waals surface area contributed by atoms with E-state index >= 15 is 0 Å². The van der Waals surface area contributed by atoms with Gasteiger partial charge in [0.25, 0.3) is 0 Å². The Morgan fingerprint density at radius 1 is 1.43 bits per heavy atom. The average molecular weight is 219 g/mol. The van der Waals surface area contributed by atoms with Crippen LogP contribution < -0.4 is 5.73 Å². The maximum Gasteiger partial charge on any atom is 0.0230 e. The number of hydrogen-bond donors (Lipinski definition) is 1. The van der Waals surface area contributed by atoms with E-state index in [1.807, 2.05) is 0 Å². The normalized spacial score (nSPS) is 27.1. The van der Waals surface area contributed by atoms with Crippen LogP contribution in [0.1, 0.15) is 25.7 Å². The first-order chi connectivity index (χ1) is 6.74. The molecule has 14 heavy (non-hydrogen) atoms. The fourth-order valence-electron chi connectivity index (χ4n) is 1.99. The summed E-state index contributed by atoms with van der Waals surface area (Å²) in [6.45, 7) is 2.28. The molecule has 0 aromatic rings. The van der Waals surface area contributed by atoms with E-state index in [1.54, 1.807) is 0 Å². The zero-order valence-corrected chi connectivity index (χ0v) is 9.30. The first-order valence-corrected chi connectivity index (χ1v) is 6.48. The first kappa shape index (κ1) is 12.1. The lowest BCUT2D eigenvalue weighted by molar-refractivity contribution is 0.216. The minimum absolute atomic E-state index is 0.233. The van der Waals surface area contributed by atoms with Crippen LogP contribution in [0.2, 0.25) is 0 Å². The summed E-state index contributed by atoms with van der Waals surface area (Å²) < 4.78 is 20.9. The molecule has 0 aromatic carbocycles. The van der Waals surface area contributed by atoms with Crippen LogP contribution in [0.15, 0.2) is 0 Å². The third-order valence-electron chi connectivity index (χ3n) is 2.82. The molecule has 2 N–H and O–H groups in total. The molecule has 0 saturated carbocycles. The number of nitrogens with two attached hydrogens (primary N) is 1. The molecule has 2 atom stereocenters. The molecule has 1 aliphatic rings. The summed E-state index contributed by atoms with van der Waals surface area (Å²) in [5.41, 5.74) is 5.67. The molecule has 1 heterocycles. The van der Waals surface area contributed by atoms with E-state index in [9.17, 15) is 8.76 Å². The van der Waals surface area contributed by atoms with Crippen molar-refractivity contribution in [2.75, 3.05) is 25.4 Å². The molecule has 0 radical (unpaired) electrons. The largest absolute Gasteiger partial charge is 0.772 e. The topological polar surface area (TPSA) is 69.4 Å². The highest BCUT2D eigenvalue weighted by atomic mass is 32.2. The zero-order chi connectivity index (χ0) is 10.4. The van der Waals surface area contributed by atoms with E-state index in [0.29, 0.717) is 19.1 Å². The molecule has 0 bridgehead atoms. The molecule has 5 heteroatoms. The Hall–Kier alpha value is 0.0300. The van der Waals surface area contributed by atoms with Crippen molar-refractivity contribution >= 4 is 11.1 Å². The van der Waals surface area contributed by atoms with Crippen LogP contribution in [-0.2, 0) is 11.1 Å². The third kappa shape index (κ3) is 4.04. The van der Waals surface area contributed by atoms with Gasteiger partial charge in [-0.2, -0.15) is 0 Å². The van der Waals surface area contributed by atoms with Gasteiger partial charge in [-0.3, -0.25) is 9.11 Å². The Balaban J connectivity index is 2.39. The second kappa shape index (κ2) is 6.50. The van der Waals surface area contributed by atoms with Crippen LogP contribution in [0.25, 0.3) is 0 Å². The number of rotatable bonds is 4. The van der Waals surface area contributed by atoms with Gasteiger partial charge in [0.05, 0.1) is 0 Å². The molecule has 0 aliphatic carbocycles. The lowest BCUT2D eigenvalue weighted by Gasteiger charge is -2.29. The van der Waals surface area contributed by atoms with Crippen LogP contribution in [0.5, 0.6) is 0 Å². The summed E-state index contributed by atoms with van der Waals surface area (Å²) in [7, 11) is 0. The Labute approximate surface area is 88.1 Å². The summed E-state index contributed by atoms with van der Waals surface area (Å²) in [4.78, 5) is 2.22. The molecular weight excluding hydrogens is 200 g/mol. The maximum atomic E-state index is 10.5. The highest BCUT2D eigenvalue weighted by molar-refractivity contribution is 7.79. The lowest BCUT2D eigenvalue weighted by Crippen LogP contribution is -2.42. The van der Waals surface area contributed by atoms with Gasteiger partial charge in [0.15, 0.2) is 0 Å². The van der Waals surface area contributed by atoms with Crippen molar-refractivity contribution in [2.45, 2.75) is 31.7 Å². The molecule has 0 amide bonds. The maximum absolute atomic E-state index is 10.5. The van der Waals surface area contributed by atoms with E-state index in [4.69, 9.17) is 5.73 Å². The van der Waals surface area contributed by atoms with Crippen LogP contribution in [-0.4, -0.2) is 45.1 Å². The van der Waals surface area contributed by atoms with Crippen LogP contribution in [0, 0.1) is 0 Å². The van der Waals surface area contributed by atoms with Crippen LogP contribution in [0.4, 0.5) is 0 Å². The van der Waals surface area contributed by atoms with Gasteiger partial charge in [-0.1, -0.05) is 23.9 Å². The molecule has 1 fully saturated rings. The number of nitrogens with zero attached hydrogens (tertiary/aromatic N) is 1. The third-order valence-corrected chi connectivity index (χ3v) is 3.33. The van der Waals surface area contributed by atoms with E-state index in [-0.39, 0.29) is 5.75 Å². The van der Waals surface area contributed by atoms with Crippen molar-refractivity contribution in [2.24, 2.45) is 5.73 Å². The molecule has 1 aliphatic heterocycles. The summed E-state index contributed by atoms with van der Waals surface area (Å²) >= 11 is -1.92. The molecule has 4 nitrogen and oxygen atoms in total. The predicted octanol–water partition coefficient (Wildman–Crippen LogP) is 0.0688. The number of likely N-dealkylation sites (tertiary alicyclic amines) is 1. The quantitative estimate of drug-likeness (QED) is 0.679. The van der Waals surface area contributed by atoms with Crippen LogP contribution in [0.3, 0.4) is 0 Å². The SMILES string of the molecule is NCC1CCCCCN1CCS(=O)[O-]. The average Bonchev–Trinajstić information content (AvgIpc) is 2.38. The molecule has 2 unspecified atom stereocenters. The molecular formula is C9H19N2O2S-. The van der Waals surface area contributed by atoms with Gasteiger partial charge in [-0.25, -0.2) is 0 Å². The lowest BCUT2D eigenvalue weighted by atomic mass is 10.1. The van der Waals surface area contributed by atoms with Gasteiger partial charge >= 0.3 is 0 Å². The molecule has 0 aromatic heterocycles. The van der Waals surface area contributed by atoms with Gasteiger partial charge in [0.2, 0.25) is 0 Å². The number of hydrogen-bond acceptors (Lipinski definition) is 4. The van der Waals surface area contributed by atoms with Crippen molar-refractivity contribution in [1.82, 2.24) is 4.90 Å². The summed E-state index contributed by atoms with van der Waals surface area (Å²) in [6, 6.07) is 0.390. The Kier molecular flexibility index (Phi) is 5.62. The summed E-state index contributed by atoms with van der Waals surface area (Å²) in [5, 5.41) is 0. The smallest absolute Gasteiger partial charge is 0.0230 e. The van der Waals surface area contributed by atoms with Crippen molar-refractivity contribution in [3.8, 4) is 0 Å². The van der Waals surface area contributed by atoms with Gasteiger partial charge in [0, 0.05) is 24.9 Å². The van der Waals surface area contributed by atoms with Crippen molar-refractivity contribution in [3.05, 3.63) is 0 Å². The van der Waals surface area contributed by atoms with E-state index < -0.39 is 11.1 Å². The molecule has 0 spiro atoms. The van der Waals surface area contributed by atoms with Gasteiger partial charge in [-0.05, 0) is 19.4 Å². The highest BCUT2D eigenvalue weighted by Gasteiger charge is 2.18. The predicted molar refractivity (Wildman–Crippen MR) is 56.7 cm³/mol. The molecule has 84 valence electrons. The molecule has 1 saturated heterocycles. The van der Waals surface area contributed by atoms with Crippen molar-refractivity contribution in [1.29, 1.82) is 0 Å². The van der Waals surface area contributed by atoms with Crippen molar-refractivity contribution in [3.63, 3.8) is 0 Å². The zero-order valence-electron chi connectivity index (χ0n) is 8.48. The fourth-order valence-corrected chi connectivity index (χ4v) is 2.37. The standard InChI is InChI=1S/C9H20N2O2S/c10-8-9-4-2-1-3-5-11(9)6-7-14(12)13/h9H,1-8,10H2,(H,12,13)/p-1. The van der Waals surface area contributed by atoms with Crippen LogP contribution >= 0.6 is 0 Å². The van der Waals surface area contributed by atoms with Gasteiger partial charge < -0.3 is 10.3 Å². The minimum Gasteiger partial charge on any atom is -0.772 e. The second-order valence-corrected chi connectivity index (χ2v) is 4.80. The Morgan fingerprint density at radius 2 is 2.21 bits per heavy atom. The fraction of sp³-hybridized carbons (Fsp3) is 1.00. The minimum atomic E-state index is -1.92. The van der Waals surface area contributed by atoms with E-state index in [2.05, 4.69) is 4.90 Å². The summed E-state index contributed by atoms with van der Waals surface area (Å²) in [6.07, 6.45) is 4.75. The first-order valence-electron chi connectivity index (χ1n) is 5.24. The highest BCUT2D eigenvalue weighted by Crippen LogP contribution is 2.15. The van der Waals surface area contributed by atoms with Gasteiger partial charge in [0.1, 0.15) is 0 Å². The summed E-state index contributed by atoms with van der Waals surface area (Å²) in [5.74, 6) is 0.233. The second-order valence-electron chi connectivity index (χ2n) is 3.78. The Morgan fingerprint density at radius 3 is 2.86 bits per heavy atom. The van der Waals surface area contributed by atoms with Crippen molar-refractivity contribution < 1.29 is 8.76 Å². The Bertz CT molecular complexity index is 190. The van der Waals surface area contributed by atoms with Gasteiger partial charge in [-0.15, -0.1) is 0 Å². The monoisotopic (exact) mass is 219 g/mol.